The largest absolute Gasteiger partial charge is 0.480 e. The zero-order valence-corrected chi connectivity index (χ0v) is 15.5. The average Bonchev–Trinajstić information content (AvgIpc) is 3.17. The van der Waals surface area contributed by atoms with Gasteiger partial charge >= 0.3 is 5.97 Å². The van der Waals surface area contributed by atoms with Crippen molar-refractivity contribution in [2.45, 2.75) is 37.0 Å². The standard InChI is InChI=1S/C15H22N6O5S/c1-27(3-2-7(16)15(24)25)4-8-10(22)11(23)14(26-8)21-6-20-9-12(17)18-5-19-13(9)21/h5-8,10-11,14,22-23H,2-4,16H2,1H3,(H2-,17,18,19,24,25)/p+1/t7-,8-,10-,11-,14-,27?/m1/s1. The zero-order valence-electron chi connectivity index (χ0n) is 14.7. The quantitative estimate of drug-likeness (QED) is 0.329. The topological polar surface area (TPSA) is 183 Å². The Labute approximate surface area is 157 Å². The number of carboxylic acids is 1. The molecule has 6 atom stereocenters. The van der Waals surface area contributed by atoms with Crippen LogP contribution in [0, 0.1) is 0 Å². The van der Waals surface area contributed by atoms with Gasteiger partial charge < -0.3 is 31.5 Å². The lowest BCUT2D eigenvalue weighted by Gasteiger charge is -2.16. The van der Waals surface area contributed by atoms with E-state index in [0.717, 1.165) is 0 Å². The Morgan fingerprint density at radius 3 is 2.81 bits per heavy atom. The van der Waals surface area contributed by atoms with Crippen LogP contribution < -0.4 is 11.5 Å². The van der Waals surface area contributed by atoms with Crippen molar-refractivity contribution in [2.24, 2.45) is 5.73 Å². The highest BCUT2D eigenvalue weighted by molar-refractivity contribution is 7.96. The number of nitrogens with two attached hydrogens (primary N) is 2. The lowest BCUT2D eigenvalue weighted by Crippen LogP contribution is -2.37. The maximum atomic E-state index is 10.8. The minimum Gasteiger partial charge on any atom is -0.480 e. The highest BCUT2D eigenvalue weighted by Gasteiger charge is 2.46. The molecule has 12 heteroatoms. The first-order chi connectivity index (χ1) is 12.8. The van der Waals surface area contributed by atoms with Gasteiger partial charge in [-0.1, -0.05) is 0 Å². The molecule has 0 aromatic carbocycles. The number of anilines is 1. The van der Waals surface area contributed by atoms with Gasteiger partial charge in [0.15, 0.2) is 17.7 Å². The van der Waals surface area contributed by atoms with E-state index in [-0.39, 0.29) is 16.7 Å². The molecule has 0 aliphatic carbocycles. The van der Waals surface area contributed by atoms with Gasteiger partial charge in [0.2, 0.25) is 0 Å². The Bertz CT molecular complexity index is 819. The van der Waals surface area contributed by atoms with Crippen LogP contribution in [0.2, 0.25) is 0 Å². The number of aliphatic hydroxyl groups excluding tert-OH is 2. The number of aromatic nitrogens is 4. The van der Waals surface area contributed by atoms with E-state index in [1.54, 1.807) is 0 Å². The molecule has 11 nitrogen and oxygen atoms in total. The summed E-state index contributed by atoms with van der Waals surface area (Å²) in [5.74, 6) is 0.254. The van der Waals surface area contributed by atoms with Crippen LogP contribution in [0.4, 0.5) is 5.82 Å². The van der Waals surface area contributed by atoms with Gasteiger partial charge in [0.25, 0.3) is 0 Å². The molecule has 0 amide bonds. The third kappa shape index (κ3) is 3.99. The Kier molecular flexibility index (Phi) is 5.81. The predicted molar refractivity (Wildman–Crippen MR) is 98.9 cm³/mol. The van der Waals surface area contributed by atoms with Crippen LogP contribution in [0.5, 0.6) is 0 Å². The average molecular weight is 399 g/mol. The van der Waals surface area contributed by atoms with Crippen molar-refractivity contribution >= 4 is 33.8 Å². The molecule has 1 fully saturated rings. The Morgan fingerprint density at radius 2 is 2.11 bits per heavy atom. The number of carbonyl (C=O) groups is 1. The number of rotatable bonds is 7. The number of imidazole rings is 1. The number of carboxylic acid groups (broad SMARTS) is 1. The lowest BCUT2D eigenvalue weighted by atomic mass is 10.1. The second kappa shape index (κ2) is 7.94. The van der Waals surface area contributed by atoms with E-state index in [1.807, 2.05) is 6.26 Å². The minimum atomic E-state index is -1.16. The molecule has 0 spiro atoms. The first-order valence-corrected chi connectivity index (χ1v) is 10.3. The number of ether oxygens (including phenoxy) is 1. The third-order valence-electron chi connectivity index (χ3n) is 4.54. The van der Waals surface area contributed by atoms with Gasteiger partial charge in [-0.3, -0.25) is 9.36 Å². The van der Waals surface area contributed by atoms with Gasteiger partial charge in [0, 0.05) is 6.42 Å². The normalized spacial score (nSPS) is 27.7. The molecule has 3 heterocycles. The predicted octanol–water partition coefficient (Wildman–Crippen LogP) is -1.92. The van der Waals surface area contributed by atoms with E-state index in [0.29, 0.717) is 29.1 Å². The first-order valence-electron chi connectivity index (χ1n) is 8.31. The molecule has 7 N–H and O–H groups in total. The maximum Gasteiger partial charge on any atom is 0.320 e. The fourth-order valence-electron chi connectivity index (χ4n) is 2.97. The van der Waals surface area contributed by atoms with Gasteiger partial charge in [-0.2, -0.15) is 0 Å². The summed E-state index contributed by atoms with van der Waals surface area (Å²) >= 11 is 0. The van der Waals surface area contributed by atoms with E-state index < -0.39 is 36.6 Å². The van der Waals surface area contributed by atoms with Crippen LogP contribution in [0.3, 0.4) is 0 Å². The Morgan fingerprint density at radius 1 is 1.37 bits per heavy atom. The van der Waals surface area contributed by atoms with Gasteiger partial charge in [0.05, 0.1) is 12.6 Å². The molecule has 0 bridgehead atoms. The summed E-state index contributed by atoms with van der Waals surface area (Å²) in [6.45, 7) is 0. The molecule has 1 unspecified atom stereocenters. The first kappa shape index (κ1) is 19.8. The van der Waals surface area contributed by atoms with Gasteiger partial charge in [0.1, 0.15) is 47.7 Å². The highest BCUT2D eigenvalue weighted by atomic mass is 32.2. The van der Waals surface area contributed by atoms with Crippen LogP contribution in [0.15, 0.2) is 12.7 Å². The van der Waals surface area contributed by atoms with Crippen molar-refractivity contribution in [2.75, 3.05) is 23.5 Å². The number of nitrogen functional groups attached to an aromatic ring is 1. The van der Waals surface area contributed by atoms with E-state index >= 15 is 0 Å². The molecule has 0 saturated carbocycles. The number of aliphatic hydroxyl groups is 2. The molecule has 148 valence electrons. The number of hydrogen-bond acceptors (Lipinski definition) is 9. The summed E-state index contributed by atoms with van der Waals surface area (Å²) in [6.07, 6.45) is 1.31. The van der Waals surface area contributed by atoms with Crippen LogP contribution in [-0.4, -0.2) is 82.9 Å². The van der Waals surface area contributed by atoms with Crippen molar-refractivity contribution in [1.29, 1.82) is 0 Å². The Hall–Kier alpha value is -1.99. The minimum absolute atomic E-state index is 0.216. The fraction of sp³-hybridized carbons (Fsp3) is 0.600. The third-order valence-corrected chi connectivity index (χ3v) is 6.37. The van der Waals surface area contributed by atoms with Gasteiger partial charge in [-0.25, -0.2) is 15.0 Å². The van der Waals surface area contributed by atoms with Crippen molar-refractivity contribution in [3.8, 4) is 0 Å². The number of fused-ring (bicyclic) bond motifs is 1. The summed E-state index contributed by atoms with van der Waals surface area (Å²) in [6, 6.07) is -0.907. The summed E-state index contributed by atoms with van der Waals surface area (Å²) < 4.78 is 7.41. The number of aliphatic carboxylic acids is 1. The van der Waals surface area contributed by atoms with Crippen LogP contribution >= 0.6 is 0 Å². The molecule has 27 heavy (non-hydrogen) atoms. The molecule has 2 aromatic heterocycles. The fourth-order valence-corrected chi connectivity index (χ4v) is 4.63. The SMILES string of the molecule is C[S+](CC[C@@H](N)C(=O)O)C[C@H]1O[C@@H](n2cnc3c(N)ncnc32)[C@H](O)[C@@H]1O. The molecule has 1 saturated heterocycles. The van der Waals surface area contributed by atoms with Crippen molar-refractivity contribution in [3.63, 3.8) is 0 Å². The van der Waals surface area contributed by atoms with Crippen LogP contribution in [0.1, 0.15) is 12.6 Å². The number of hydrogen-bond donors (Lipinski definition) is 5. The smallest absolute Gasteiger partial charge is 0.320 e. The molecule has 2 aromatic rings. The summed E-state index contributed by atoms with van der Waals surface area (Å²) in [5.41, 5.74) is 12.1. The van der Waals surface area contributed by atoms with Crippen molar-refractivity contribution in [1.82, 2.24) is 19.5 Å². The van der Waals surface area contributed by atoms with Gasteiger partial charge in [-0.15, -0.1) is 0 Å². The molecule has 1 aliphatic rings. The summed E-state index contributed by atoms with van der Waals surface area (Å²) in [7, 11) is -0.235. The monoisotopic (exact) mass is 399 g/mol. The van der Waals surface area contributed by atoms with E-state index in [4.69, 9.17) is 21.3 Å². The molecule has 3 rings (SSSR count). The summed E-state index contributed by atoms with van der Waals surface area (Å²) in [5, 5.41) is 29.7. The van der Waals surface area contributed by atoms with Crippen LogP contribution in [-0.2, 0) is 20.4 Å². The second-order valence-electron chi connectivity index (χ2n) is 6.51. The van der Waals surface area contributed by atoms with Crippen molar-refractivity contribution in [3.05, 3.63) is 12.7 Å². The molecule has 1 aliphatic heterocycles. The maximum absolute atomic E-state index is 10.8. The number of nitrogens with zero attached hydrogens (tertiary/aromatic N) is 4. The molecule has 0 radical (unpaired) electrons. The van der Waals surface area contributed by atoms with E-state index in [2.05, 4.69) is 15.0 Å². The lowest BCUT2D eigenvalue weighted by molar-refractivity contribution is -0.138. The second-order valence-corrected chi connectivity index (χ2v) is 8.82. The molecular weight excluding hydrogens is 376 g/mol. The van der Waals surface area contributed by atoms with Crippen molar-refractivity contribution < 1.29 is 24.9 Å². The Balaban J connectivity index is 1.68. The van der Waals surface area contributed by atoms with E-state index in [9.17, 15) is 15.0 Å². The van der Waals surface area contributed by atoms with Crippen LogP contribution in [0.25, 0.3) is 11.2 Å². The summed E-state index contributed by atoms with van der Waals surface area (Å²) in [4.78, 5) is 23.0. The molecular formula is C15H23N6O5S+. The van der Waals surface area contributed by atoms with E-state index in [1.165, 1.54) is 17.2 Å². The highest BCUT2D eigenvalue weighted by Crippen LogP contribution is 2.32. The van der Waals surface area contributed by atoms with Gasteiger partial charge in [-0.05, 0) is 10.9 Å². The zero-order chi connectivity index (χ0) is 19.7.